The maximum absolute atomic E-state index is 12.4. The summed E-state index contributed by atoms with van der Waals surface area (Å²) in [5.41, 5.74) is 7.01. The number of fused-ring (bicyclic) bond motifs is 1. The van der Waals surface area contributed by atoms with Crippen LogP contribution in [0.1, 0.15) is 32.3 Å². The predicted molar refractivity (Wildman–Crippen MR) is 102 cm³/mol. The van der Waals surface area contributed by atoms with Crippen LogP contribution in [0.15, 0.2) is 18.2 Å². The highest BCUT2D eigenvalue weighted by Gasteiger charge is 2.29. The third-order valence-corrected chi connectivity index (χ3v) is 5.10. The molecule has 2 aliphatic heterocycles. The van der Waals surface area contributed by atoms with E-state index in [2.05, 4.69) is 19.2 Å². The molecule has 0 aliphatic carbocycles. The maximum Gasteiger partial charge on any atom is 0.237 e. The molecule has 1 saturated heterocycles. The van der Waals surface area contributed by atoms with Crippen molar-refractivity contribution in [1.82, 2.24) is 5.32 Å². The van der Waals surface area contributed by atoms with Gasteiger partial charge in [0, 0.05) is 25.2 Å². The molecule has 1 unspecified atom stereocenters. The lowest BCUT2D eigenvalue weighted by Gasteiger charge is -2.30. The number of amides is 1. The second-order valence-corrected chi connectivity index (χ2v) is 7.44. The van der Waals surface area contributed by atoms with Crippen molar-refractivity contribution in [2.24, 2.45) is 11.7 Å². The van der Waals surface area contributed by atoms with Crippen molar-refractivity contribution in [3.63, 3.8) is 0 Å². The molecule has 26 heavy (non-hydrogen) atoms. The van der Waals surface area contributed by atoms with Gasteiger partial charge in [-0.2, -0.15) is 0 Å². The van der Waals surface area contributed by atoms with Gasteiger partial charge >= 0.3 is 0 Å². The first-order valence-electron chi connectivity index (χ1n) is 8.98. The first-order chi connectivity index (χ1) is 12.0. The normalized spacial score (nSPS) is 18.6. The second-order valence-electron chi connectivity index (χ2n) is 7.44. The molecular formula is C19H29ClN2O4. The molecule has 3 rings (SSSR count). The van der Waals surface area contributed by atoms with Crippen LogP contribution in [0, 0.1) is 5.92 Å². The smallest absolute Gasteiger partial charge is 0.237 e. The first-order valence-corrected chi connectivity index (χ1v) is 8.98. The van der Waals surface area contributed by atoms with E-state index in [0.29, 0.717) is 33.0 Å². The van der Waals surface area contributed by atoms with Crippen LogP contribution in [0.2, 0.25) is 0 Å². The Morgan fingerprint density at radius 3 is 2.54 bits per heavy atom. The standard InChI is InChI=1S/C19H28N2O4.ClH/c1-19(2,14-3-4-15-16(11-14)25-10-9-24-15)12-21-18(22)17(20)13-5-7-23-8-6-13;/h3-4,11,13,17H,5-10,12,20H2,1-2H3,(H,21,22);1H. The summed E-state index contributed by atoms with van der Waals surface area (Å²) in [6, 6.07) is 5.48. The second kappa shape index (κ2) is 8.93. The molecule has 1 fully saturated rings. The van der Waals surface area contributed by atoms with E-state index in [0.717, 1.165) is 29.9 Å². The van der Waals surface area contributed by atoms with Gasteiger partial charge in [-0.25, -0.2) is 0 Å². The van der Waals surface area contributed by atoms with Gasteiger partial charge in [-0.3, -0.25) is 4.79 Å². The zero-order valence-electron chi connectivity index (χ0n) is 15.5. The van der Waals surface area contributed by atoms with Crippen molar-refractivity contribution < 1.29 is 19.0 Å². The molecule has 6 nitrogen and oxygen atoms in total. The van der Waals surface area contributed by atoms with E-state index in [9.17, 15) is 4.79 Å². The summed E-state index contributed by atoms with van der Waals surface area (Å²) < 4.78 is 16.6. The number of hydrogen-bond donors (Lipinski definition) is 2. The van der Waals surface area contributed by atoms with Crippen LogP contribution in [0.3, 0.4) is 0 Å². The van der Waals surface area contributed by atoms with Gasteiger partial charge in [-0.1, -0.05) is 19.9 Å². The van der Waals surface area contributed by atoms with Crippen molar-refractivity contribution in [3.8, 4) is 11.5 Å². The Labute approximate surface area is 161 Å². The third kappa shape index (κ3) is 4.81. The van der Waals surface area contributed by atoms with E-state index >= 15 is 0 Å². The molecule has 1 aromatic rings. The Kier molecular flexibility index (Phi) is 7.15. The number of nitrogens with one attached hydrogen (secondary N) is 1. The zero-order chi connectivity index (χ0) is 17.9. The van der Waals surface area contributed by atoms with E-state index in [4.69, 9.17) is 19.9 Å². The molecule has 146 valence electrons. The highest BCUT2D eigenvalue weighted by molar-refractivity contribution is 5.85. The number of rotatable bonds is 5. The van der Waals surface area contributed by atoms with Crippen molar-refractivity contribution in [2.45, 2.75) is 38.1 Å². The molecule has 3 N–H and O–H groups in total. The monoisotopic (exact) mass is 384 g/mol. The average molecular weight is 385 g/mol. The third-order valence-electron chi connectivity index (χ3n) is 5.10. The molecule has 1 amide bonds. The molecule has 0 spiro atoms. The number of benzene rings is 1. The topological polar surface area (TPSA) is 82.8 Å². The molecule has 2 heterocycles. The van der Waals surface area contributed by atoms with Crippen molar-refractivity contribution in [3.05, 3.63) is 23.8 Å². The molecule has 0 saturated carbocycles. The van der Waals surface area contributed by atoms with Gasteiger partial charge in [0.25, 0.3) is 0 Å². The fraction of sp³-hybridized carbons (Fsp3) is 0.632. The van der Waals surface area contributed by atoms with E-state index in [1.807, 2.05) is 18.2 Å². The Morgan fingerprint density at radius 2 is 1.85 bits per heavy atom. The van der Waals surface area contributed by atoms with Gasteiger partial charge in [-0.05, 0) is 36.5 Å². The van der Waals surface area contributed by atoms with Crippen LogP contribution in [-0.2, 0) is 14.9 Å². The summed E-state index contributed by atoms with van der Waals surface area (Å²) in [6.07, 6.45) is 1.69. The van der Waals surface area contributed by atoms with E-state index in [-0.39, 0.29) is 29.6 Å². The van der Waals surface area contributed by atoms with Gasteiger partial charge in [-0.15, -0.1) is 12.4 Å². The highest BCUT2D eigenvalue weighted by atomic mass is 35.5. The fourth-order valence-electron chi connectivity index (χ4n) is 3.28. The van der Waals surface area contributed by atoms with Crippen molar-refractivity contribution >= 4 is 18.3 Å². The molecule has 0 bridgehead atoms. The lowest BCUT2D eigenvalue weighted by atomic mass is 9.84. The SMILES string of the molecule is CC(C)(CNC(=O)C(N)C1CCOCC1)c1ccc2c(c1)OCCO2.Cl. The van der Waals surface area contributed by atoms with Crippen LogP contribution in [0.5, 0.6) is 11.5 Å². The minimum atomic E-state index is -0.472. The highest BCUT2D eigenvalue weighted by Crippen LogP contribution is 2.35. The first kappa shape index (κ1) is 20.8. The lowest BCUT2D eigenvalue weighted by molar-refractivity contribution is -0.124. The number of carbonyl (C=O) groups excluding carboxylic acids is 1. The Bertz CT molecular complexity index is 618. The fourth-order valence-corrected chi connectivity index (χ4v) is 3.28. The predicted octanol–water partition coefficient (Wildman–Crippen LogP) is 2.03. The summed E-state index contributed by atoms with van der Waals surface area (Å²) in [7, 11) is 0. The van der Waals surface area contributed by atoms with Crippen LogP contribution >= 0.6 is 12.4 Å². The molecule has 0 radical (unpaired) electrons. The number of ether oxygens (including phenoxy) is 3. The van der Waals surface area contributed by atoms with E-state index in [1.54, 1.807) is 0 Å². The molecule has 1 aromatic carbocycles. The van der Waals surface area contributed by atoms with E-state index in [1.165, 1.54) is 0 Å². The van der Waals surface area contributed by atoms with Crippen molar-refractivity contribution in [1.29, 1.82) is 0 Å². The molecule has 0 aromatic heterocycles. The van der Waals surface area contributed by atoms with Gasteiger partial charge in [0.05, 0.1) is 6.04 Å². The van der Waals surface area contributed by atoms with Crippen LogP contribution in [0.25, 0.3) is 0 Å². The lowest BCUT2D eigenvalue weighted by Crippen LogP contribution is -2.49. The van der Waals surface area contributed by atoms with Crippen LogP contribution < -0.4 is 20.5 Å². The summed E-state index contributed by atoms with van der Waals surface area (Å²) in [5.74, 6) is 1.65. The quantitative estimate of drug-likeness (QED) is 0.811. The van der Waals surface area contributed by atoms with Gasteiger partial charge in [0.1, 0.15) is 13.2 Å². The summed E-state index contributed by atoms with van der Waals surface area (Å²) >= 11 is 0. The summed E-state index contributed by atoms with van der Waals surface area (Å²) in [4.78, 5) is 12.4. The average Bonchev–Trinajstić information content (AvgIpc) is 2.66. The number of nitrogens with two attached hydrogens (primary N) is 1. The Hall–Kier alpha value is -1.50. The zero-order valence-corrected chi connectivity index (χ0v) is 16.3. The maximum atomic E-state index is 12.4. The van der Waals surface area contributed by atoms with Gasteiger partial charge < -0.3 is 25.3 Å². The molecule has 2 aliphatic rings. The van der Waals surface area contributed by atoms with Gasteiger partial charge in [0.2, 0.25) is 5.91 Å². The van der Waals surface area contributed by atoms with Gasteiger partial charge in [0.15, 0.2) is 11.5 Å². The number of carbonyl (C=O) groups is 1. The number of halogens is 1. The molecule has 1 atom stereocenters. The Morgan fingerprint density at radius 1 is 1.19 bits per heavy atom. The molecular weight excluding hydrogens is 356 g/mol. The van der Waals surface area contributed by atoms with Crippen LogP contribution in [0.4, 0.5) is 0 Å². The number of hydrogen-bond acceptors (Lipinski definition) is 5. The van der Waals surface area contributed by atoms with E-state index < -0.39 is 6.04 Å². The van der Waals surface area contributed by atoms with Crippen molar-refractivity contribution in [2.75, 3.05) is 33.0 Å². The minimum absolute atomic E-state index is 0. The largest absolute Gasteiger partial charge is 0.486 e. The summed E-state index contributed by atoms with van der Waals surface area (Å²) in [6.45, 7) is 7.23. The minimum Gasteiger partial charge on any atom is -0.486 e. The molecule has 7 heteroatoms. The van der Waals surface area contributed by atoms with Crippen LogP contribution in [-0.4, -0.2) is 44.9 Å². The summed E-state index contributed by atoms with van der Waals surface area (Å²) in [5, 5.41) is 3.02. The Balaban J connectivity index is 0.00000243.